The molecule has 1 aromatic rings. The van der Waals surface area contributed by atoms with Crippen LogP contribution in [0.5, 0.6) is 0 Å². The Morgan fingerprint density at radius 3 is 2.02 bits per heavy atom. The van der Waals surface area contributed by atoms with E-state index in [1.807, 2.05) is 19.0 Å². The SMILES string of the molecule is CCC.CN(C)CCN(C)C(=O)OCc1ccc(NC(=O)C(CCCNC(N)=O)NC(=O)CNC(=O)CNC(=O)CN)cc1. The van der Waals surface area contributed by atoms with Crippen molar-refractivity contribution in [3.05, 3.63) is 29.8 Å². The van der Waals surface area contributed by atoms with Gasteiger partial charge in [0.25, 0.3) is 0 Å². The number of primary amides is 1. The zero-order valence-corrected chi connectivity index (χ0v) is 26.4. The van der Waals surface area contributed by atoms with E-state index in [9.17, 15) is 28.8 Å². The van der Waals surface area contributed by atoms with Gasteiger partial charge in [-0.25, -0.2) is 9.59 Å². The van der Waals surface area contributed by atoms with Crippen LogP contribution in [0.4, 0.5) is 15.3 Å². The summed E-state index contributed by atoms with van der Waals surface area (Å²) < 4.78 is 5.31. The normalized spacial score (nSPS) is 10.8. The van der Waals surface area contributed by atoms with Gasteiger partial charge in [0.15, 0.2) is 0 Å². The fourth-order valence-electron chi connectivity index (χ4n) is 3.13. The van der Waals surface area contributed by atoms with Crippen LogP contribution in [-0.2, 0) is 30.5 Å². The average Bonchev–Trinajstić information content (AvgIpc) is 2.98. The van der Waals surface area contributed by atoms with Crippen molar-refractivity contribution >= 4 is 41.4 Å². The third-order valence-electron chi connectivity index (χ3n) is 5.48. The number of likely N-dealkylation sites (N-methyl/N-ethyl adjacent to an activating group) is 2. The largest absolute Gasteiger partial charge is 0.445 e. The Bertz CT molecular complexity index is 1050. The Morgan fingerprint density at radius 1 is 0.864 bits per heavy atom. The van der Waals surface area contributed by atoms with Gasteiger partial charge in [0.05, 0.1) is 19.6 Å². The van der Waals surface area contributed by atoms with Gasteiger partial charge >= 0.3 is 12.1 Å². The highest BCUT2D eigenvalue weighted by Gasteiger charge is 2.21. The van der Waals surface area contributed by atoms with Crippen LogP contribution in [0, 0.1) is 0 Å². The van der Waals surface area contributed by atoms with Gasteiger partial charge in [0.1, 0.15) is 12.6 Å². The zero-order chi connectivity index (χ0) is 33.5. The van der Waals surface area contributed by atoms with Crippen LogP contribution >= 0.6 is 0 Å². The van der Waals surface area contributed by atoms with E-state index in [0.717, 1.165) is 0 Å². The summed E-state index contributed by atoms with van der Waals surface area (Å²) in [5, 5.41) is 12.3. The maximum absolute atomic E-state index is 12.9. The number of carbonyl (C=O) groups excluding carboxylic acids is 6. The first-order chi connectivity index (χ1) is 20.8. The summed E-state index contributed by atoms with van der Waals surface area (Å²) in [6, 6.07) is 4.91. The molecule has 0 spiro atoms. The summed E-state index contributed by atoms with van der Waals surface area (Å²) in [5.41, 5.74) is 11.3. The number of hydrogen-bond acceptors (Lipinski definition) is 9. The Kier molecular flexibility index (Phi) is 20.7. The average molecular weight is 624 g/mol. The molecule has 16 heteroatoms. The summed E-state index contributed by atoms with van der Waals surface area (Å²) in [7, 11) is 5.47. The van der Waals surface area contributed by atoms with Gasteiger partial charge < -0.3 is 52.6 Å². The first kappa shape index (κ1) is 39.6. The third kappa shape index (κ3) is 19.6. The number of hydrogen-bond donors (Lipinski definition) is 7. The topological polar surface area (TPSA) is 230 Å². The second-order valence-corrected chi connectivity index (χ2v) is 9.98. The molecule has 1 rings (SSSR count). The standard InChI is InChI=1S/C25H41N9O7.C3H8/c1-33(2)11-12-34(3)25(40)41-16-17-6-8-18(9-7-17)31-23(38)19(5-4-10-28-24(27)39)32-22(37)15-30-21(36)14-29-20(35)13-26;1-3-2/h6-9,19H,4-5,10-16,26H2,1-3H3,(H,29,35)(H,30,36)(H,31,38)(H,32,37)(H3,27,28,39);3H2,1-2H3. The lowest BCUT2D eigenvalue weighted by atomic mass is 10.1. The number of carbonyl (C=O) groups is 6. The minimum Gasteiger partial charge on any atom is -0.445 e. The lowest BCUT2D eigenvalue weighted by Gasteiger charge is -2.20. The van der Waals surface area contributed by atoms with Crippen LogP contribution in [0.3, 0.4) is 0 Å². The van der Waals surface area contributed by atoms with Crippen LogP contribution in [0.2, 0.25) is 0 Å². The Morgan fingerprint density at radius 2 is 1.45 bits per heavy atom. The number of rotatable bonds is 17. The summed E-state index contributed by atoms with van der Waals surface area (Å²) in [5.74, 6) is -2.30. The van der Waals surface area contributed by atoms with Gasteiger partial charge in [-0.1, -0.05) is 32.4 Å². The second kappa shape index (κ2) is 23.1. The second-order valence-electron chi connectivity index (χ2n) is 9.98. The molecule has 44 heavy (non-hydrogen) atoms. The smallest absolute Gasteiger partial charge is 0.409 e. The Balaban J connectivity index is 0.00000590. The van der Waals surface area contributed by atoms with Crippen molar-refractivity contribution in [2.75, 3.05) is 65.7 Å². The lowest BCUT2D eigenvalue weighted by molar-refractivity contribution is -0.128. The Hall–Kier alpha value is -4.44. The molecule has 16 nitrogen and oxygen atoms in total. The van der Waals surface area contributed by atoms with Crippen molar-refractivity contribution < 1.29 is 33.5 Å². The van der Waals surface area contributed by atoms with Gasteiger partial charge in [-0.05, 0) is 44.6 Å². The van der Waals surface area contributed by atoms with Gasteiger partial charge in [-0.15, -0.1) is 0 Å². The zero-order valence-electron chi connectivity index (χ0n) is 26.4. The molecule has 0 aliphatic carbocycles. The molecule has 0 aromatic heterocycles. The minimum atomic E-state index is -0.996. The van der Waals surface area contributed by atoms with Crippen molar-refractivity contribution in [2.24, 2.45) is 11.5 Å². The third-order valence-corrected chi connectivity index (χ3v) is 5.48. The molecule has 1 aromatic carbocycles. The molecule has 0 fully saturated rings. The fourth-order valence-corrected chi connectivity index (χ4v) is 3.13. The maximum Gasteiger partial charge on any atom is 0.409 e. The molecule has 1 atom stereocenters. The summed E-state index contributed by atoms with van der Waals surface area (Å²) in [6.45, 7) is 4.64. The Labute approximate surface area is 258 Å². The molecule has 248 valence electrons. The van der Waals surface area contributed by atoms with Gasteiger partial charge in [-0.3, -0.25) is 19.2 Å². The van der Waals surface area contributed by atoms with Crippen molar-refractivity contribution in [1.82, 2.24) is 31.1 Å². The van der Waals surface area contributed by atoms with E-state index in [-0.39, 0.29) is 32.7 Å². The van der Waals surface area contributed by atoms with Crippen molar-refractivity contribution in [1.29, 1.82) is 0 Å². The molecule has 9 N–H and O–H groups in total. The first-order valence-electron chi connectivity index (χ1n) is 14.3. The first-order valence-corrected chi connectivity index (χ1v) is 14.3. The van der Waals surface area contributed by atoms with Crippen LogP contribution < -0.4 is 38.1 Å². The summed E-state index contributed by atoms with van der Waals surface area (Å²) in [4.78, 5) is 74.7. The number of nitrogens with two attached hydrogens (primary N) is 2. The highest BCUT2D eigenvalue weighted by Crippen LogP contribution is 2.12. The molecular formula is C28H49N9O7. The molecule has 7 amide bonds. The predicted octanol–water partition coefficient (Wildman–Crippen LogP) is -0.704. The van der Waals surface area contributed by atoms with Crippen molar-refractivity contribution in [3.63, 3.8) is 0 Å². The van der Waals surface area contributed by atoms with E-state index >= 15 is 0 Å². The highest BCUT2D eigenvalue weighted by atomic mass is 16.6. The van der Waals surface area contributed by atoms with Gasteiger partial charge in [0, 0.05) is 32.4 Å². The maximum atomic E-state index is 12.9. The molecular weight excluding hydrogens is 574 g/mol. The molecule has 1 unspecified atom stereocenters. The molecule has 0 saturated carbocycles. The number of amides is 7. The van der Waals surface area contributed by atoms with E-state index in [0.29, 0.717) is 30.8 Å². The molecule has 0 saturated heterocycles. The molecule has 0 bridgehead atoms. The van der Waals surface area contributed by atoms with Crippen molar-refractivity contribution in [2.45, 2.75) is 45.8 Å². The minimum absolute atomic E-state index is 0.0481. The predicted molar refractivity (Wildman–Crippen MR) is 166 cm³/mol. The van der Waals surface area contributed by atoms with E-state index in [1.54, 1.807) is 31.3 Å². The highest BCUT2D eigenvalue weighted by molar-refractivity contribution is 5.98. The molecule has 0 radical (unpaired) electrons. The number of ether oxygens (including phenoxy) is 1. The number of nitrogens with one attached hydrogen (secondary N) is 5. The van der Waals surface area contributed by atoms with Crippen molar-refractivity contribution in [3.8, 4) is 0 Å². The van der Waals surface area contributed by atoms with E-state index in [4.69, 9.17) is 16.2 Å². The van der Waals surface area contributed by atoms with Crippen LogP contribution in [-0.4, -0.2) is 112 Å². The number of benzene rings is 1. The quantitative estimate of drug-likeness (QED) is 0.109. The van der Waals surface area contributed by atoms with Gasteiger partial charge in [0.2, 0.25) is 23.6 Å². The summed E-state index contributed by atoms with van der Waals surface area (Å²) in [6.07, 6.45) is 1.28. The monoisotopic (exact) mass is 623 g/mol. The fraction of sp³-hybridized carbons (Fsp3) is 0.571. The summed E-state index contributed by atoms with van der Waals surface area (Å²) >= 11 is 0. The van der Waals surface area contributed by atoms with E-state index in [2.05, 4.69) is 40.4 Å². The van der Waals surface area contributed by atoms with E-state index < -0.39 is 48.3 Å². The molecule has 0 aliphatic heterocycles. The van der Waals surface area contributed by atoms with Crippen LogP contribution in [0.15, 0.2) is 24.3 Å². The van der Waals surface area contributed by atoms with Crippen LogP contribution in [0.25, 0.3) is 0 Å². The molecule has 0 aliphatic rings. The number of nitrogens with zero attached hydrogens (tertiary/aromatic N) is 2. The van der Waals surface area contributed by atoms with Gasteiger partial charge in [-0.2, -0.15) is 0 Å². The number of urea groups is 1. The van der Waals surface area contributed by atoms with Crippen LogP contribution in [0.1, 0.15) is 38.7 Å². The lowest BCUT2D eigenvalue weighted by Crippen LogP contribution is -2.49. The van der Waals surface area contributed by atoms with E-state index in [1.165, 1.54) is 11.3 Å². The number of anilines is 1. The molecule has 0 heterocycles.